The van der Waals surface area contributed by atoms with Crippen molar-refractivity contribution in [3.05, 3.63) is 59.9 Å². The van der Waals surface area contributed by atoms with Gasteiger partial charge in [-0.1, -0.05) is 17.7 Å². The third-order valence-corrected chi connectivity index (χ3v) is 3.01. The standard InChI is InChI=1S/C9H8O.C8H8O2/c1-7-2-3-9-8(6-7)4-5-10-9;1-6-2-3-7-8(4-6)10-5-9-7/h2-6H,1H3;2-4H,5H2,1H3/i;5D2. The van der Waals surface area contributed by atoms with Crippen LogP contribution >= 0.6 is 0 Å². The van der Waals surface area contributed by atoms with Crippen LogP contribution in [0.15, 0.2) is 53.1 Å². The molecular weight excluding hydrogens is 252 g/mol. The van der Waals surface area contributed by atoms with Crippen LogP contribution in [0, 0.1) is 13.8 Å². The van der Waals surface area contributed by atoms with E-state index in [0.29, 0.717) is 11.5 Å². The van der Waals surface area contributed by atoms with Crippen molar-refractivity contribution in [2.45, 2.75) is 13.8 Å². The number of hydrogen-bond acceptors (Lipinski definition) is 3. The number of furan rings is 1. The second kappa shape index (κ2) is 5.29. The van der Waals surface area contributed by atoms with E-state index in [1.807, 2.05) is 31.2 Å². The fourth-order valence-corrected chi connectivity index (χ4v) is 1.98. The molecule has 0 fully saturated rings. The van der Waals surface area contributed by atoms with Crippen LogP contribution in [0.4, 0.5) is 0 Å². The molecule has 4 rings (SSSR count). The summed E-state index contributed by atoms with van der Waals surface area (Å²) in [5, 5.41) is 1.18. The summed E-state index contributed by atoms with van der Waals surface area (Å²) >= 11 is 0. The van der Waals surface area contributed by atoms with Gasteiger partial charge in [-0.2, -0.15) is 0 Å². The minimum atomic E-state index is -2.00. The van der Waals surface area contributed by atoms with Crippen molar-refractivity contribution in [2.24, 2.45) is 0 Å². The Morgan fingerprint density at radius 1 is 0.900 bits per heavy atom. The molecular formula is C17H16O3. The number of rotatable bonds is 0. The van der Waals surface area contributed by atoms with Crippen LogP contribution in [0.2, 0.25) is 0 Å². The molecule has 0 radical (unpaired) electrons. The second-order valence-electron chi connectivity index (χ2n) is 4.70. The molecule has 0 atom stereocenters. The van der Waals surface area contributed by atoms with E-state index in [1.165, 1.54) is 10.9 Å². The van der Waals surface area contributed by atoms with Gasteiger partial charge in [0.2, 0.25) is 6.75 Å². The van der Waals surface area contributed by atoms with Gasteiger partial charge < -0.3 is 13.9 Å². The number of ether oxygens (including phenoxy) is 2. The topological polar surface area (TPSA) is 31.6 Å². The maximum Gasteiger partial charge on any atom is 0.231 e. The van der Waals surface area contributed by atoms with Crippen LogP contribution in [-0.4, -0.2) is 6.75 Å². The van der Waals surface area contributed by atoms with Gasteiger partial charge in [-0.3, -0.25) is 0 Å². The molecule has 0 spiro atoms. The number of fused-ring (bicyclic) bond motifs is 2. The Balaban J connectivity index is 0.000000133. The van der Waals surface area contributed by atoms with Crippen molar-refractivity contribution in [3.63, 3.8) is 0 Å². The fraction of sp³-hybridized carbons (Fsp3) is 0.176. The van der Waals surface area contributed by atoms with Gasteiger partial charge in [0.05, 0.1) is 6.26 Å². The van der Waals surface area contributed by atoms with Crippen LogP contribution < -0.4 is 9.47 Å². The molecule has 0 bridgehead atoms. The molecule has 102 valence electrons. The van der Waals surface area contributed by atoms with Crippen molar-refractivity contribution in [1.82, 2.24) is 0 Å². The zero-order valence-corrected chi connectivity index (χ0v) is 11.3. The molecule has 1 aliphatic heterocycles. The summed E-state index contributed by atoms with van der Waals surface area (Å²) < 4.78 is 29.2. The van der Waals surface area contributed by atoms with Crippen LogP contribution in [0.3, 0.4) is 0 Å². The zero-order valence-electron chi connectivity index (χ0n) is 13.3. The Morgan fingerprint density at radius 2 is 1.65 bits per heavy atom. The highest BCUT2D eigenvalue weighted by Crippen LogP contribution is 2.31. The van der Waals surface area contributed by atoms with Gasteiger partial charge in [-0.25, -0.2) is 0 Å². The number of hydrogen-bond donors (Lipinski definition) is 0. The zero-order chi connectivity index (χ0) is 15.7. The Kier molecular flexibility index (Phi) is 2.75. The average Bonchev–Trinajstić information content (AvgIpc) is 3.00. The summed E-state index contributed by atoms with van der Waals surface area (Å²) in [6.45, 7) is 1.99. The molecule has 0 amide bonds. The summed E-state index contributed by atoms with van der Waals surface area (Å²) in [5.74, 6) is 0.936. The first kappa shape index (κ1) is 10.4. The van der Waals surface area contributed by atoms with E-state index in [0.717, 1.165) is 11.1 Å². The first-order valence-electron chi connectivity index (χ1n) is 7.35. The summed E-state index contributed by atoms with van der Waals surface area (Å²) in [6.07, 6.45) is 1.71. The van der Waals surface area contributed by atoms with E-state index in [2.05, 4.69) is 13.0 Å². The van der Waals surface area contributed by atoms with Gasteiger partial charge in [-0.05, 0) is 49.7 Å². The van der Waals surface area contributed by atoms with Gasteiger partial charge in [-0.15, -0.1) is 0 Å². The molecule has 0 saturated carbocycles. The van der Waals surface area contributed by atoms with Crippen LogP contribution in [0.1, 0.15) is 13.9 Å². The lowest BCUT2D eigenvalue weighted by atomic mass is 10.2. The van der Waals surface area contributed by atoms with E-state index >= 15 is 0 Å². The van der Waals surface area contributed by atoms with Gasteiger partial charge in [0.1, 0.15) is 8.32 Å². The quantitative estimate of drug-likeness (QED) is 0.604. The van der Waals surface area contributed by atoms with Crippen molar-refractivity contribution in [1.29, 1.82) is 0 Å². The van der Waals surface area contributed by atoms with Crippen molar-refractivity contribution in [3.8, 4) is 11.5 Å². The van der Waals surface area contributed by atoms with Crippen molar-refractivity contribution in [2.75, 3.05) is 6.75 Å². The fourth-order valence-electron chi connectivity index (χ4n) is 1.98. The molecule has 1 aromatic heterocycles. The summed E-state index contributed by atoms with van der Waals surface area (Å²) in [4.78, 5) is 0. The summed E-state index contributed by atoms with van der Waals surface area (Å²) in [7, 11) is 0. The smallest absolute Gasteiger partial charge is 0.231 e. The molecule has 3 nitrogen and oxygen atoms in total. The summed E-state index contributed by atoms with van der Waals surface area (Å²) in [6, 6.07) is 13.4. The minimum absolute atomic E-state index is 0.464. The normalized spacial score (nSPS) is 16.1. The average molecular weight is 270 g/mol. The molecule has 0 unspecified atom stereocenters. The minimum Gasteiger partial charge on any atom is -0.464 e. The van der Waals surface area contributed by atoms with Crippen LogP contribution in [0.25, 0.3) is 11.0 Å². The van der Waals surface area contributed by atoms with Gasteiger partial charge >= 0.3 is 0 Å². The highest BCUT2D eigenvalue weighted by atomic mass is 16.7. The largest absolute Gasteiger partial charge is 0.464 e. The van der Waals surface area contributed by atoms with E-state index < -0.39 is 6.75 Å². The van der Waals surface area contributed by atoms with E-state index in [1.54, 1.807) is 18.4 Å². The maximum absolute atomic E-state index is 7.16. The Morgan fingerprint density at radius 3 is 2.55 bits per heavy atom. The molecule has 2 aromatic carbocycles. The molecule has 0 N–H and O–H groups in total. The van der Waals surface area contributed by atoms with Crippen molar-refractivity contribution >= 4 is 11.0 Å². The molecule has 3 heteroatoms. The second-order valence-corrected chi connectivity index (χ2v) is 4.70. The van der Waals surface area contributed by atoms with Crippen LogP contribution in [0.5, 0.6) is 11.5 Å². The Hall–Kier alpha value is -2.42. The monoisotopic (exact) mass is 270 g/mol. The highest BCUT2D eigenvalue weighted by molar-refractivity contribution is 5.77. The van der Waals surface area contributed by atoms with Gasteiger partial charge in [0, 0.05) is 5.39 Å². The molecule has 1 aliphatic rings. The van der Waals surface area contributed by atoms with E-state index in [4.69, 9.17) is 16.6 Å². The predicted octanol–water partition coefficient (Wildman–Crippen LogP) is 4.46. The summed E-state index contributed by atoms with van der Waals surface area (Å²) in [5.41, 5.74) is 3.26. The van der Waals surface area contributed by atoms with E-state index in [9.17, 15) is 0 Å². The molecule has 0 aliphatic carbocycles. The third-order valence-electron chi connectivity index (χ3n) is 3.01. The molecule has 20 heavy (non-hydrogen) atoms. The molecule has 2 heterocycles. The lowest BCUT2D eigenvalue weighted by Crippen LogP contribution is -1.92. The Bertz CT molecular complexity index is 809. The van der Waals surface area contributed by atoms with Crippen LogP contribution in [-0.2, 0) is 0 Å². The van der Waals surface area contributed by atoms with Gasteiger partial charge in [0.15, 0.2) is 11.5 Å². The lowest BCUT2D eigenvalue weighted by molar-refractivity contribution is 0.174. The van der Waals surface area contributed by atoms with E-state index in [-0.39, 0.29) is 0 Å². The third kappa shape index (κ3) is 2.62. The Labute approximate surface area is 120 Å². The maximum atomic E-state index is 7.16. The lowest BCUT2D eigenvalue weighted by Gasteiger charge is -1.94. The van der Waals surface area contributed by atoms with Gasteiger partial charge in [0.25, 0.3) is 0 Å². The first-order chi connectivity index (χ1) is 10.4. The number of benzene rings is 2. The molecule has 3 aromatic rings. The predicted molar refractivity (Wildman–Crippen MR) is 78.3 cm³/mol. The first-order valence-corrected chi connectivity index (χ1v) is 6.35. The SMILES string of the molecule is Cc1ccc2occc2c1.[2H]C1([2H])Oc2ccc(C)cc2O1. The van der Waals surface area contributed by atoms with Crippen molar-refractivity contribution < 1.29 is 16.6 Å². The molecule has 0 saturated heterocycles. The number of aryl methyl sites for hydroxylation is 2. The highest BCUT2D eigenvalue weighted by Gasteiger charge is 2.11.